The molecule has 0 saturated heterocycles. The van der Waals surface area contributed by atoms with Gasteiger partial charge in [-0.25, -0.2) is 0 Å². The SMILES string of the molecule is CC1(C)CCCCC1C(N)Cc1cccs1. The van der Waals surface area contributed by atoms with Crippen LogP contribution >= 0.6 is 11.3 Å². The molecule has 1 saturated carbocycles. The van der Waals surface area contributed by atoms with Gasteiger partial charge in [0, 0.05) is 10.9 Å². The standard InChI is InChI=1S/C14H23NS/c1-14(2)8-4-3-7-12(14)13(15)10-11-6-5-9-16-11/h5-6,9,12-13H,3-4,7-8,10,15H2,1-2H3. The fraction of sp³-hybridized carbons (Fsp3) is 0.714. The van der Waals surface area contributed by atoms with Crippen molar-refractivity contribution in [1.82, 2.24) is 0 Å². The summed E-state index contributed by atoms with van der Waals surface area (Å²) in [6.45, 7) is 4.79. The Morgan fingerprint density at radius 2 is 2.31 bits per heavy atom. The van der Waals surface area contributed by atoms with Crippen LogP contribution in [0.25, 0.3) is 0 Å². The lowest BCUT2D eigenvalue weighted by Crippen LogP contribution is -2.42. The van der Waals surface area contributed by atoms with Gasteiger partial charge < -0.3 is 5.73 Å². The molecule has 0 amide bonds. The lowest BCUT2D eigenvalue weighted by Gasteiger charge is -2.42. The van der Waals surface area contributed by atoms with Crippen molar-refractivity contribution in [2.24, 2.45) is 17.1 Å². The molecule has 1 nitrogen and oxygen atoms in total. The Bertz CT molecular complexity index is 315. The van der Waals surface area contributed by atoms with E-state index < -0.39 is 0 Å². The molecule has 2 rings (SSSR count). The average Bonchev–Trinajstić information content (AvgIpc) is 2.69. The van der Waals surface area contributed by atoms with Gasteiger partial charge in [0.25, 0.3) is 0 Å². The van der Waals surface area contributed by atoms with Gasteiger partial charge in [-0.05, 0) is 42.0 Å². The molecule has 16 heavy (non-hydrogen) atoms. The van der Waals surface area contributed by atoms with E-state index in [9.17, 15) is 0 Å². The number of hydrogen-bond donors (Lipinski definition) is 1. The van der Waals surface area contributed by atoms with Crippen molar-refractivity contribution in [3.63, 3.8) is 0 Å². The average molecular weight is 237 g/mol. The molecule has 1 fully saturated rings. The summed E-state index contributed by atoms with van der Waals surface area (Å²) in [4.78, 5) is 1.44. The van der Waals surface area contributed by atoms with Gasteiger partial charge in [0.2, 0.25) is 0 Å². The zero-order chi connectivity index (χ0) is 11.6. The molecular weight excluding hydrogens is 214 g/mol. The molecule has 1 aromatic heterocycles. The number of nitrogens with two attached hydrogens (primary N) is 1. The molecule has 2 unspecified atom stereocenters. The first-order valence-corrected chi connectivity index (χ1v) is 7.25. The second-order valence-corrected chi connectivity index (χ2v) is 6.82. The van der Waals surface area contributed by atoms with E-state index >= 15 is 0 Å². The van der Waals surface area contributed by atoms with E-state index in [1.165, 1.54) is 30.6 Å². The Labute approximate surface area is 103 Å². The van der Waals surface area contributed by atoms with Crippen LogP contribution in [-0.2, 0) is 6.42 Å². The van der Waals surface area contributed by atoms with Crippen molar-refractivity contribution in [3.8, 4) is 0 Å². The molecular formula is C14H23NS. The maximum atomic E-state index is 6.42. The van der Waals surface area contributed by atoms with Crippen LogP contribution in [0.2, 0.25) is 0 Å². The van der Waals surface area contributed by atoms with E-state index in [2.05, 4.69) is 31.4 Å². The van der Waals surface area contributed by atoms with Gasteiger partial charge in [0.1, 0.15) is 0 Å². The summed E-state index contributed by atoms with van der Waals surface area (Å²) in [5, 5.41) is 2.15. The van der Waals surface area contributed by atoms with Gasteiger partial charge in [0.05, 0.1) is 0 Å². The second-order valence-electron chi connectivity index (χ2n) is 5.79. The highest BCUT2D eigenvalue weighted by Crippen LogP contribution is 2.42. The third-order valence-corrected chi connectivity index (χ3v) is 5.02. The molecule has 2 atom stereocenters. The van der Waals surface area contributed by atoms with Gasteiger partial charge in [-0.3, -0.25) is 0 Å². The van der Waals surface area contributed by atoms with E-state index in [1.807, 2.05) is 11.3 Å². The predicted molar refractivity (Wildman–Crippen MR) is 71.7 cm³/mol. The zero-order valence-electron chi connectivity index (χ0n) is 10.4. The minimum absolute atomic E-state index is 0.342. The monoisotopic (exact) mass is 237 g/mol. The van der Waals surface area contributed by atoms with E-state index in [0.29, 0.717) is 17.4 Å². The van der Waals surface area contributed by atoms with Crippen molar-refractivity contribution in [3.05, 3.63) is 22.4 Å². The lowest BCUT2D eigenvalue weighted by atomic mass is 9.65. The molecule has 0 radical (unpaired) electrons. The minimum atomic E-state index is 0.342. The van der Waals surface area contributed by atoms with Crippen molar-refractivity contribution in [2.75, 3.05) is 0 Å². The quantitative estimate of drug-likeness (QED) is 0.849. The fourth-order valence-electron chi connectivity index (χ4n) is 3.12. The first-order valence-electron chi connectivity index (χ1n) is 6.37. The highest BCUT2D eigenvalue weighted by molar-refractivity contribution is 7.09. The Kier molecular flexibility index (Phi) is 3.70. The Balaban J connectivity index is 2.00. The van der Waals surface area contributed by atoms with E-state index in [1.54, 1.807) is 0 Å². The van der Waals surface area contributed by atoms with E-state index in [4.69, 9.17) is 5.73 Å². The van der Waals surface area contributed by atoms with Crippen LogP contribution < -0.4 is 5.73 Å². The normalized spacial score (nSPS) is 26.6. The summed E-state index contributed by atoms with van der Waals surface area (Å²) < 4.78 is 0. The third kappa shape index (κ3) is 2.67. The highest BCUT2D eigenvalue weighted by Gasteiger charge is 2.35. The van der Waals surface area contributed by atoms with Gasteiger partial charge in [-0.15, -0.1) is 11.3 Å². The van der Waals surface area contributed by atoms with Gasteiger partial charge in [-0.1, -0.05) is 32.8 Å². The molecule has 2 N–H and O–H groups in total. The zero-order valence-corrected chi connectivity index (χ0v) is 11.2. The van der Waals surface area contributed by atoms with Crippen LogP contribution in [0.15, 0.2) is 17.5 Å². The van der Waals surface area contributed by atoms with E-state index in [0.717, 1.165) is 6.42 Å². The van der Waals surface area contributed by atoms with Crippen LogP contribution in [-0.4, -0.2) is 6.04 Å². The van der Waals surface area contributed by atoms with Crippen molar-refractivity contribution in [1.29, 1.82) is 0 Å². The minimum Gasteiger partial charge on any atom is -0.327 e. The Hall–Kier alpha value is -0.340. The lowest BCUT2D eigenvalue weighted by molar-refractivity contribution is 0.113. The van der Waals surface area contributed by atoms with Crippen LogP contribution in [0, 0.1) is 11.3 Å². The van der Waals surface area contributed by atoms with Gasteiger partial charge in [-0.2, -0.15) is 0 Å². The summed E-state index contributed by atoms with van der Waals surface area (Å²) >= 11 is 1.84. The predicted octanol–water partition coefficient (Wildman–Crippen LogP) is 3.83. The largest absolute Gasteiger partial charge is 0.327 e. The second kappa shape index (κ2) is 4.89. The van der Waals surface area contributed by atoms with Gasteiger partial charge >= 0.3 is 0 Å². The molecule has 1 aliphatic carbocycles. The third-order valence-electron chi connectivity index (χ3n) is 4.12. The highest BCUT2D eigenvalue weighted by atomic mass is 32.1. The first kappa shape index (κ1) is 12.1. The Morgan fingerprint density at radius 1 is 1.50 bits per heavy atom. The van der Waals surface area contributed by atoms with Crippen LogP contribution in [0.3, 0.4) is 0 Å². The molecule has 1 aliphatic rings. The van der Waals surface area contributed by atoms with Crippen LogP contribution in [0.4, 0.5) is 0 Å². The smallest absolute Gasteiger partial charge is 0.0121 e. The maximum Gasteiger partial charge on any atom is 0.0121 e. The molecule has 0 aliphatic heterocycles. The fourth-order valence-corrected chi connectivity index (χ4v) is 3.90. The van der Waals surface area contributed by atoms with Crippen molar-refractivity contribution in [2.45, 2.75) is 52.0 Å². The summed E-state index contributed by atoms with van der Waals surface area (Å²) in [6.07, 6.45) is 6.47. The topological polar surface area (TPSA) is 26.0 Å². The summed E-state index contributed by atoms with van der Waals surface area (Å²) in [6, 6.07) is 4.67. The van der Waals surface area contributed by atoms with Gasteiger partial charge in [0.15, 0.2) is 0 Å². The Morgan fingerprint density at radius 3 is 2.94 bits per heavy atom. The van der Waals surface area contributed by atoms with Crippen LogP contribution in [0.5, 0.6) is 0 Å². The number of hydrogen-bond acceptors (Lipinski definition) is 2. The molecule has 0 spiro atoms. The van der Waals surface area contributed by atoms with Crippen LogP contribution in [0.1, 0.15) is 44.4 Å². The molecule has 0 aromatic carbocycles. The van der Waals surface area contributed by atoms with Crippen molar-refractivity contribution < 1.29 is 0 Å². The number of thiophene rings is 1. The molecule has 1 aromatic rings. The summed E-state index contributed by atoms with van der Waals surface area (Å²) in [5.41, 5.74) is 6.86. The first-order chi connectivity index (χ1) is 7.59. The maximum absolute atomic E-state index is 6.42. The summed E-state index contributed by atoms with van der Waals surface area (Å²) in [7, 11) is 0. The molecule has 1 heterocycles. The van der Waals surface area contributed by atoms with Crippen molar-refractivity contribution >= 4 is 11.3 Å². The molecule has 2 heteroatoms. The molecule has 0 bridgehead atoms. The molecule has 90 valence electrons. The summed E-state index contributed by atoms with van der Waals surface area (Å²) in [5.74, 6) is 0.698. The van der Waals surface area contributed by atoms with E-state index in [-0.39, 0.29) is 0 Å². The number of rotatable bonds is 3.